The number of aliphatic hydroxyl groups is 1. The Labute approximate surface area is 473 Å². The van der Waals surface area contributed by atoms with Crippen molar-refractivity contribution < 1.29 is 53.1 Å². The molecule has 0 unspecified atom stereocenters. The van der Waals surface area contributed by atoms with Crippen LogP contribution >= 0.6 is 0 Å². The third-order valence-corrected chi connectivity index (χ3v) is 12.6. The second kappa shape index (κ2) is 40.5. The third kappa shape index (κ3) is 31.1. The second-order valence-electron chi connectivity index (χ2n) is 19.6. The van der Waals surface area contributed by atoms with Gasteiger partial charge in [0, 0.05) is 26.6 Å². The number of rotatable bonds is 42. The molecule has 0 rings (SSSR count). The van der Waals surface area contributed by atoms with Crippen molar-refractivity contribution in [3.8, 4) is 0 Å². The summed E-state index contributed by atoms with van der Waals surface area (Å²) in [4.78, 5) is 147. The molecule has 11 atom stereocenters. The number of carbonyl (C=O) groups excluding carboxylic acids is 10. The number of nitrogens with one attached hydrogen (secondary N) is 9. The van der Waals surface area contributed by atoms with Crippen LogP contribution in [0.1, 0.15) is 131 Å². The fourth-order valence-corrected chi connectivity index (χ4v) is 7.83. The highest BCUT2D eigenvalue weighted by Gasteiger charge is 2.36. The van der Waals surface area contributed by atoms with Crippen molar-refractivity contribution in [1.29, 1.82) is 0 Å². The van der Waals surface area contributed by atoms with Gasteiger partial charge in [0.25, 0.3) is 0 Å². The maximum absolute atomic E-state index is 14.5. The summed E-state index contributed by atoms with van der Waals surface area (Å²) in [6.45, 7) is 9.56. The van der Waals surface area contributed by atoms with Crippen molar-refractivity contribution >= 4 is 77.0 Å². The Kier molecular flexibility index (Phi) is 36.7. The summed E-state index contributed by atoms with van der Waals surface area (Å²) < 4.78 is 0. The average Bonchev–Trinajstić information content (AvgIpc) is 3.39. The highest BCUT2D eigenvalue weighted by Crippen LogP contribution is 2.13. The molecule has 0 heterocycles. The van der Waals surface area contributed by atoms with Crippen molar-refractivity contribution in [3.63, 3.8) is 0 Å². The predicted molar refractivity (Wildman–Crippen MR) is 305 cm³/mol. The maximum atomic E-state index is 14.5. The molecule has 28 N–H and O–H groups in total. The fraction of sp³-hybridized carbons (Fsp3) is 0.735. The van der Waals surface area contributed by atoms with Crippen LogP contribution < -0.4 is 99.5 Å². The van der Waals surface area contributed by atoms with Crippen LogP contribution in [0.3, 0.4) is 0 Å². The topological polar surface area (TPSA) is 570 Å². The Hall–Kier alpha value is -7.61. The van der Waals surface area contributed by atoms with Crippen LogP contribution in [0, 0.1) is 5.92 Å². The minimum absolute atomic E-state index is 0.00286. The van der Waals surface area contributed by atoms with Crippen LogP contribution in [0.25, 0.3) is 0 Å². The van der Waals surface area contributed by atoms with E-state index in [1.165, 1.54) is 20.8 Å². The molecule has 0 radical (unpaired) electrons. The molecular weight excluding hydrogens is 1060 g/mol. The molecule has 81 heavy (non-hydrogen) atoms. The Balaban J connectivity index is 7.09. The first kappa shape index (κ1) is 73.4. The van der Waals surface area contributed by atoms with Gasteiger partial charge in [0.15, 0.2) is 17.9 Å². The van der Waals surface area contributed by atoms with Crippen LogP contribution in [-0.2, 0) is 47.9 Å². The van der Waals surface area contributed by atoms with E-state index >= 15 is 0 Å². The van der Waals surface area contributed by atoms with E-state index in [1.807, 2.05) is 0 Å². The zero-order valence-corrected chi connectivity index (χ0v) is 47.9. The lowest BCUT2D eigenvalue weighted by molar-refractivity contribution is -0.136. The van der Waals surface area contributed by atoms with Crippen LogP contribution in [0.15, 0.2) is 15.0 Å². The number of hydrogen-bond donors (Lipinski definition) is 19. The van der Waals surface area contributed by atoms with Gasteiger partial charge in [0.1, 0.15) is 54.4 Å². The Morgan fingerprint density at radius 2 is 0.716 bits per heavy atom. The normalized spacial score (nSPS) is 15.0. The zero-order chi connectivity index (χ0) is 61.8. The SMILES string of the molecule is CC[C@H](NC(C)=O)C(=O)N[C@@H](C)C(=O)N[C@@H](CCCN=C(N)N)C(=O)N[C@H](C(=O)N[C@@H](CCCN=C(N)N)C(=O)N[C@@H](CCCCN)C(=O)N[C@@H](CCCCN)C(=O)N[C@@H](CCCN=C(N)N)C(=O)N[C@H](C(N)=O)[C@@H](C)O)[C@@H](C)CC. The van der Waals surface area contributed by atoms with Gasteiger partial charge < -0.3 is 105 Å². The first-order valence-electron chi connectivity index (χ1n) is 27.4. The van der Waals surface area contributed by atoms with Crippen LogP contribution in [0.5, 0.6) is 0 Å². The van der Waals surface area contributed by atoms with Gasteiger partial charge in [-0.3, -0.25) is 62.9 Å². The molecule has 0 saturated heterocycles. The van der Waals surface area contributed by atoms with E-state index in [-0.39, 0.29) is 108 Å². The Morgan fingerprint density at radius 1 is 0.395 bits per heavy atom. The van der Waals surface area contributed by atoms with E-state index in [4.69, 9.17) is 51.6 Å². The highest BCUT2D eigenvalue weighted by atomic mass is 16.3. The molecule has 0 aromatic rings. The van der Waals surface area contributed by atoms with Gasteiger partial charge in [-0.2, -0.15) is 0 Å². The number of nitrogens with zero attached hydrogens (tertiary/aromatic N) is 3. The number of amides is 10. The highest BCUT2D eigenvalue weighted by molar-refractivity contribution is 5.98. The number of unbranched alkanes of at least 4 members (excludes halogenated alkanes) is 2. The molecule has 0 bridgehead atoms. The quantitative estimate of drug-likeness (QED) is 0.0153. The predicted octanol–water partition coefficient (Wildman–Crippen LogP) is -6.87. The number of guanidine groups is 3. The van der Waals surface area contributed by atoms with Gasteiger partial charge in [-0.1, -0.05) is 27.2 Å². The summed E-state index contributed by atoms with van der Waals surface area (Å²) >= 11 is 0. The van der Waals surface area contributed by atoms with Crippen molar-refractivity contribution in [1.82, 2.24) is 47.9 Å². The molecule has 0 aliphatic carbocycles. The largest absolute Gasteiger partial charge is 0.391 e. The smallest absolute Gasteiger partial charge is 0.243 e. The molecule has 0 aliphatic heterocycles. The first-order chi connectivity index (χ1) is 38.1. The van der Waals surface area contributed by atoms with E-state index in [2.05, 4.69) is 62.8 Å². The van der Waals surface area contributed by atoms with Gasteiger partial charge >= 0.3 is 0 Å². The Bertz CT molecular complexity index is 2120. The molecule has 10 amide bonds. The number of primary amides is 1. The molecule has 32 nitrogen and oxygen atoms in total. The number of carbonyl (C=O) groups is 10. The molecule has 0 saturated carbocycles. The standard InChI is InChI=1S/C49H95N21O11/c1-7-26(3)36(69-44(79)34(19-14-24-60-48(55)56)64-39(74)27(4)62-40(75)30(8-2)63-29(6)72)46(81)68-33(18-13-23-59-47(53)54)43(78)66-31(16-9-11-21-50)41(76)65-32(17-10-12-22-51)42(77)67-35(20-15-25-61-49(57)58)45(80)70-37(28(5)71)38(52)73/h26-28,30-37,71H,7-25,50-51H2,1-6H3,(H2,52,73)(H,62,75)(H,63,72)(H,64,74)(H,65,76)(H,66,78)(H,67,77)(H,68,81)(H,69,79)(H,70,80)(H4,53,54,59)(H4,55,56,60)(H4,57,58,61)/t26-,27-,28+,30-,31-,32-,33-,34-,35-,36-,37-/m0/s1. The monoisotopic (exact) mass is 1150 g/mol. The number of aliphatic imine (C=N–C) groups is 3. The third-order valence-electron chi connectivity index (χ3n) is 12.6. The van der Waals surface area contributed by atoms with Crippen LogP contribution in [0.4, 0.5) is 0 Å². The molecular formula is C49H95N21O11. The average molecular weight is 1150 g/mol. The molecule has 32 heteroatoms. The van der Waals surface area contributed by atoms with Gasteiger partial charge in [0.05, 0.1) is 6.10 Å². The van der Waals surface area contributed by atoms with E-state index in [0.29, 0.717) is 32.1 Å². The molecule has 0 fully saturated rings. The summed E-state index contributed by atoms with van der Waals surface area (Å²) in [5.41, 5.74) is 50.0. The van der Waals surface area contributed by atoms with Crippen LogP contribution in [0.2, 0.25) is 0 Å². The fourth-order valence-electron chi connectivity index (χ4n) is 7.83. The molecule has 0 spiro atoms. The second-order valence-corrected chi connectivity index (χ2v) is 19.6. The van der Waals surface area contributed by atoms with Crippen molar-refractivity contribution in [2.45, 2.75) is 192 Å². The van der Waals surface area contributed by atoms with Crippen molar-refractivity contribution in [2.75, 3.05) is 32.7 Å². The number of aliphatic hydroxyl groups excluding tert-OH is 1. The van der Waals surface area contributed by atoms with E-state index in [9.17, 15) is 53.1 Å². The van der Waals surface area contributed by atoms with Gasteiger partial charge in [-0.25, -0.2) is 0 Å². The minimum Gasteiger partial charge on any atom is -0.391 e. The van der Waals surface area contributed by atoms with Gasteiger partial charge in [-0.15, -0.1) is 0 Å². The summed E-state index contributed by atoms with van der Waals surface area (Å²) in [6.07, 6.45) is 0.934. The van der Waals surface area contributed by atoms with E-state index in [0.717, 1.165) is 0 Å². The van der Waals surface area contributed by atoms with Crippen molar-refractivity contribution in [3.05, 3.63) is 0 Å². The number of nitrogens with two attached hydrogens (primary N) is 9. The molecule has 462 valence electrons. The molecule has 0 aromatic heterocycles. The van der Waals surface area contributed by atoms with Crippen LogP contribution in [-0.4, -0.2) is 175 Å². The molecule has 0 aromatic carbocycles. The van der Waals surface area contributed by atoms with E-state index in [1.54, 1.807) is 20.8 Å². The van der Waals surface area contributed by atoms with E-state index < -0.39 is 125 Å². The Morgan fingerprint density at radius 3 is 1.02 bits per heavy atom. The van der Waals surface area contributed by atoms with Gasteiger partial charge in [-0.05, 0) is 116 Å². The number of hydrogen-bond acceptors (Lipinski definition) is 16. The summed E-state index contributed by atoms with van der Waals surface area (Å²) in [7, 11) is 0. The summed E-state index contributed by atoms with van der Waals surface area (Å²) in [5, 5.41) is 33.6. The lowest BCUT2D eigenvalue weighted by Gasteiger charge is -2.30. The lowest BCUT2D eigenvalue weighted by Crippen LogP contribution is -2.61. The molecule has 0 aliphatic rings. The lowest BCUT2D eigenvalue weighted by atomic mass is 9.96. The van der Waals surface area contributed by atoms with Crippen molar-refractivity contribution in [2.24, 2.45) is 72.5 Å². The maximum Gasteiger partial charge on any atom is 0.243 e. The summed E-state index contributed by atoms with van der Waals surface area (Å²) in [5.74, 6) is -9.15. The zero-order valence-electron chi connectivity index (χ0n) is 47.9. The van der Waals surface area contributed by atoms with Gasteiger partial charge in [0.2, 0.25) is 59.1 Å². The first-order valence-corrected chi connectivity index (χ1v) is 27.4. The summed E-state index contributed by atoms with van der Waals surface area (Å²) in [6, 6.07) is -11.7. The minimum atomic E-state index is -1.52.